The number of morpholine rings is 1. The summed E-state index contributed by atoms with van der Waals surface area (Å²) < 4.78 is 5.48. The highest BCUT2D eigenvalue weighted by molar-refractivity contribution is 6.10. The molecule has 0 radical (unpaired) electrons. The lowest BCUT2D eigenvalue weighted by molar-refractivity contribution is -0.111. The predicted molar refractivity (Wildman–Crippen MR) is 151 cm³/mol. The molecule has 0 spiro atoms. The van der Waals surface area contributed by atoms with Crippen LogP contribution >= 0.6 is 0 Å². The maximum Gasteiger partial charge on any atom is 0.253 e. The maximum absolute atomic E-state index is 13.6. The molecule has 1 aliphatic rings. The quantitative estimate of drug-likeness (QED) is 0.393. The minimum absolute atomic E-state index is 0.0721. The van der Waals surface area contributed by atoms with Crippen LogP contribution in [0.5, 0.6) is 0 Å². The lowest BCUT2D eigenvalue weighted by Crippen LogP contribution is -2.36. The average molecular weight is 515 g/mol. The van der Waals surface area contributed by atoms with Crippen LogP contribution in [-0.4, -0.2) is 43.1 Å². The molecule has 198 valence electrons. The van der Waals surface area contributed by atoms with E-state index in [-0.39, 0.29) is 18.0 Å². The molecule has 0 bridgehead atoms. The number of aromatic nitrogens is 1. The summed E-state index contributed by atoms with van der Waals surface area (Å²) in [5.74, 6) is -0.798. The van der Waals surface area contributed by atoms with Crippen molar-refractivity contribution >= 4 is 23.2 Å². The van der Waals surface area contributed by atoms with Crippen LogP contribution in [0.4, 0.5) is 11.4 Å². The number of nitrogens with one attached hydrogen (secondary N) is 3. The summed E-state index contributed by atoms with van der Waals surface area (Å²) in [5, 5.41) is 5.77. The number of rotatable bonds is 8. The van der Waals surface area contributed by atoms with Crippen LogP contribution in [0.2, 0.25) is 0 Å². The number of carbonyl (C=O) groups is 2. The van der Waals surface area contributed by atoms with E-state index in [0.29, 0.717) is 47.6 Å². The van der Waals surface area contributed by atoms with Crippen molar-refractivity contribution in [3.8, 4) is 11.1 Å². The van der Waals surface area contributed by atoms with Crippen LogP contribution in [0, 0.1) is 13.8 Å². The van der Waals surface area contributed by atoms with Gasteiger partial charge in [0.1, 0.15) is 0 Å². The highest BCUT2D eigenvalue weighted by atomic mass is 16.5. The number of aromatic amines is 1. The van der Waals surface area contributed by atoms with Gasteiger partial charge in [0, 0.05) is 42.1 Å². The zero-order valence-electron chi connectivity index (χ0n) is 22.1. The summed E-state index contributed by atoms with van der Waals surface area (Å²) in [4.78, 5) is 43.7. The first-order chi connectivity index (χ1) is 18.3. The number of hydrogen-bond donors (Lipinski definition) is 3. The minimum Gasteiger partial charge on any atom is -0.378 e. The lowest BCUT2D eigenvalue weighted by Gasteiger charge is -2.29. The van der Waals surface area contributed by atoms with Gasteiger partial charge in [-0.15, -0.1) is 0 Å². The first kappa shape index (κ1) is 26.9. The van der Waals surface area contributed by atoms with Crippen molar-refractivity contribution in [2.45, 2.75) is 33.7 Å². The number of hydrogen-bond acceptors (Lipinski definition) is 5. The topological polar surface area (TPSA) is 104 Å². The van der Waals surface area contributed by atoms with Crippen molar-refractivity contribution in [2.75, 3.05) is 36.5 Å². The van der Waals surface area contributed by atoms with E-state index in [9.17, 15) is 14.4 Å². The predicted octanol–water partition coefficient (Wildman–Crippen LogP) is 4.11. The third kappa shape index (κ3) is 5.86. The molecule has 2 heterocycles. The number of benzene rings is 2. The zero-order valence-corrected chi connectivity index (χ0v) is 22.1. The molecule has 1 aromatic heterocycles. The Kier molecular flexibility index (Phi) is 8.43. The van der Waals surface area contributed by atoms with E-state index in [1.54, 1.807) is 0 Å². The van der Waals surface area contributed by atoms with Gasteiger partial charge in [0.2, 0.25) is 5.91 Å². The third-order valence-corrected chi connectivity index (χ3v) is 6.78. The molecule has 4 rings (SSSR count). The Morgan fingerprint density at radius 1 is 1.13 bits per heavy atom. The molecule has 0 aliphatic carbocycles. The number of amides is 2. The van der Waals surface area contributed by atoms with Gasteiger partial charge in [-0.2, -0.15) is 0 Å². The highest BCUT2D eigenvalue weighted by Crippen LogP contribution is 2.35. The van der Waals surface area contributed by atoms with E-state index >= 15 is 0 Å². The summed E-state index contributed by atoms with van der Waals surface area (Å²) in [5.41, 5.74) is 6.04. The van der Waals surface area contributed by atoms with Crippen molar-refractivity contribution < 1.29 is 14.3 Å². The molecular weight excluding hydrogens is 480 g/mol. The molecule has 0 saturated carbocycles. The minimum atomic E-state index is -0.418. The molecule has 1 saturated heterocycles. The molecule has 0 atom stereocenters. The summed E-state index contributed by atoms with van der Waals surface area (Å²) >= 11 is 0. The van der Waals surface area contributed by atoms with Gasteiger partial charge in [0.15, 0.2) is 0 Å². The Balaban J connectivity index is 1.73. The normalized spacial score (nSPS) is 13.2. The number of aryl methyl sites for hydroxylation is 3. The molecule has 1 fully saturated rings. The van der Waals surface area contributed by atoms with E-state index < -0.39 is 5.91 Å². The van der Waals surface area contributed by atoms with Crippen LogP contribution in [0.25, 0.3) is 11.1 Å². The SMILES string of the molecule is C=CC(=O)Nc1c(-c2cccc(N3CCOCC3)c2)ccc(C)c1C(=O)NCc1c(CC)cc(C)[nH]c1=O. The molecule has 8 nitrogen and oxygen atoms in total. The second-order valence-electron chi connectivity index (χ2n) is 9.34. The van der Waals surface area contributed by atoms with E-state index in [1.807, 2.05) is 57.2 Å². The number of ether oxygens (including phenoxy) is 1. The molecule has 8 heteroatoms. The van der Waals surface area contributed by atoms with Crippen molar-refractivity contribution in [1.29, 1.82) is 0 Å². The number of H-pyrrole nitrogens is 1. The summed E-state index contributed by atoms with van der Waals surface area (Å²) in [6.07, 6.45) is 1.85. The second-order valence-corrected chi connectivity index (χ2v) is 9.34. The second kappa shape index (κ2) is 11.9. The van der Waals surface area contributed by atoms with E-state index in [4.69, 9.17) is 4.74 Å². The third-order valence-electron chi connectivity index (χ3n) is 6.78. The lowest BCUT2D eigenvalue weighted by atomic mass is 9.95. The Morgan fingerprint density at radius 2 is 1.89 bits per heavy atom. The number of carbonyl (C=O) groups excluding carboxylic acids is 2. The van der Waals surface area contributed by atoms with Crippen LogP contribution in [0.15, 0.2) is 59.9 Å². The smallest absolute Gasteiger partial charge is 0.253 e. The van der Waals surface area contributed by atoms with E-state index in [1.165, 1.54) is 6.08 Å². The first-order valence-corrected chi connectivity index (χ1v) is 12.8. The summed E-state index contributed by atoms with van der Waals surface area (Å²) in [6, 6.07) is 13.7. The van der Waals surface area contributed by atoms with Gasteiger partial charge in [-0.05, 0) is 61.2 Å². The van der Waals surface area contributed by atoms with Gasteiger partial charge in [0.05, 0.1) is 24.5 Å². The van der Waals surface area contributed by atoms with Crippen molar-refractivity contribution in [1.82, 2.24) is 10.3 Å². The number of anilines is 2. The van der Waals surface area contributed by atoms with Gasteiger partial charge in [0.25, 0.3) is 11.5 Å². The van der Waals surface area contributed by atoms with Crippen LogP contribution in [-0.2, 0) is 22.5 Å². The van der Waals surface area contributed by atoms with Crippen LogP contribution < -0.4 is 21.1 Å². The zero-order chi connectivity index (χ0) is 27.2. The van der Waals surface area contributed by atoms with E-state index in [0.717, 1.165) is 35.6 Å². The van der Waals surface area contributed by atoms with Gasteiger partial charge >= 0.3 is 0 Å². The highest BCUT2D eigenvalue weighted by Gasteiger charge is 2.22. The molecule has 38 heavy (non-hydrogen) atoms. The largest absolute Gasteiger partial charge is 0.378 e. The van der Waals surface area contributed by atoms with Crippen molar-refractivity contribution in [3.05, 3.63) is 93.4 Å². The number of pyridine rings is 1. The molecule has 3 N–H and O–H groups in total. The molecular formula is C30H34N4O4. The molecule has 2 amide bonds. The average Bonchev–Trinajstić information content (AvgIpc) is 2.92. The fourth-order valence-corrected chi connectivity index (χ4v) is 4.79. The molecule has 0 unspecified atom stereocenters. The monoisotopic (exact) mass is 514 g/mol. The van der Waals surface area contributed by atoms with Gasteiger partial charge in [-0.1, -0.05) is 37.8 Å². The summed E-state index contributed by atoms with van der Waals surface area (Å²) in [6.45, 7) is 12.2. The van der Waals surface area contributed by atoms with Crippen molar-refractivity contribution in [2.24, 2.45) is 0 Å². The van der Waals surface area contributed by atoms with Gasteiger partial charge < -0.3 is 25.3 Å². The van der Waals surface area contributed by atoms with Gasteiger partial charge in [-0.3, -0.25) is 14.4 Å². The fraction of sp³-hybridized carbons (Fsp3) is 0.300. The molecule has 2 aromatic carbocycles. The fourth-order valence-electron chi connectivity index (χ4n) is 4.79. The Labute approximate surface area is 222 Å². The van der Waals surface area contributed by atoms with Gasteiger partial charge in [-0.25, -0.2) is 0 Å². The Hall–Kier alpha value is -4.17. The van der Waals surface area contributed by atoms with Crippen molar-refractivity contribution in [3.63, 3.8) is 0 Å². The maximum atomic E-state index is 13.6. The van der Waals surface area contributed by atoms with Crippen LogP contribution in [0.1, 0.15) is 39.7 Å². The Morgan fingerprint density at radius 3 is 2.61 bits per heavy atom. The Bertz CT molecular complexity index is 1420. The van der Waals surface area contributed by atoms with Crippen LogP contribution in [0.3, 0.4) is 0 Å². The summed E-state index contributed by atoms with van der Waals surface area (Å²) in [7, 11) is 0. The number of nitrogens with zero attached hydrogens (tertiary/aromatic N) is 1. The van der Waals surface area contributed by atoms with E-state index in [2.05, 4.69) is 33.2 Å². The standard InChI is InChI=1S/C30H34N4O4/c1-5-21-16-20(4)32-29(36)25(21)18-31-30(37)27-19(3)10-11-24(28(27)33-26(35)6-2)22-8-7-9-23(17-22)34-12-14-38-15-13-34/h6-11,16-17H,2,5,12-15,18H2,1,3-4H3,(H,31,37)(H,32,36)(H,33,35). The molecule has 1 aliphatic heterocycles. The first-order valence-electron chi connectivity index (χ1n) is 12.8. The molecule has 3 aromatic rings.